The lowest BCUT2D eigenvalue weighted by molar-refractivity contribution is 0.475. The third kappa shape index (κ3) is 3.19. The van der Waals surface area contributed by atoms with Crippen LogP contribution in [0.3, 0.4) is 0 Å². The van der Waals surface area contributed by atoms with Crippen LogP contribution in [0.25, 0.3) is 33.0 Å². The van der Waals surface area contributed by atoms with Gasteiger partial charge in [-0.3, -0.25) is 0 Å². The van der Waals surface area contributed by atoms with Gasteiger partial charge in [0.25, 0.3) is 0 Å². The standard InChI is InChI=1S/C23H14N2O3S/c26-20-10-9-14-5-1-3-7-16(14)18(20)12-24-23-25-19(13-29-23)17-11-15-6-2-4-8-21(15)28-22(17)27/h1-13,26H/b24-12+. The number of hydrogen-bond donors (Lipinski definition) is 1. The van der Waals surface area contributed by atoms with E-state index in [4.69, 9.17) is 4.42 Å². The highest BCUT2D eigenvalue weighted by atomic mass is 32.1. The lowest BCUT2D eigenvalue weighted by atomic mass is 10.0. The van der Waals surface area contributed by atoms with Crippen molar-refractivity contribution in [3.8, 4) is 17.0 Å². The van der Waals surface area contributed by atoms with Gasteiger partial charge < -0.3 is 9.52 Å². The topological polar surface area (TPSA) is 75.7 Å². The number of phenolic OH excluding ortho intramolecular Hbond substituents is 1. The molecule has 6 heteroatoms. The zero-order chi connectivity index (χ0) is 19.8. The monoisotopic (exact) mass is 398 g/mol. The number of phenols is 1. The fourth-order valence-corrected chi connectivity index (χ4v) is 3.89. The minimum Gasteiger partial charge on any atom is -0.507 e. The summed E-state index contributed by atoms with van der Waals surface area (Å²) in [6.07, 6.45) is 1.60. The van der Waals surface area contributed by atoms with Crippen LogP contribution in [0.2, 0.25) is 0 Å². The predicted octanol–water partition coefficient (Wildman–Crippen LogP) is 5.53. The molecule has 5 rings (SSSR count). The van der Waals surface area contributed by atoms with Gasteiger partial charge in [0.15, 0.2) is 0 Å². The molecule has 0 amide bonds. The van der Waals surface area contributed by atoms with Crippen LogP contribution in [0.1, 0.15) is 5.56 Å². The molecule has 0 atom stereocenters. The molecular weight excluding hydrogens is 384 g/mol. The maximum Gasteiger partial charge on any atom is 0.345 e. The number of hydrogen-bond acceptors (Lipinski definition) is 6. The van der Waals surface area contributed by atoms with Crippen molar-refractivity contribution in [3.63, 3.8) is 0 Å². The van der Waals surface area contributed by atoms with Gasteiger partial charge in [-0.25, -0.2) is 14.8 Å². The highest BCUT2D eigenvalue weighted by Gasteiger charge is 2.11. The summed E-state index contributed by atoms with van der Waals surface area (Å²) < 4.78 is 5.39. The third-order valence-corrected chi connectivity index (χ3v) is 5.41. The Balaban J connectivity index is 1.53. The predicted molar refractivity (Wildman–Crippen MR) is 116 cm³/mol. The second kappa shape index (κ2) is 7.00. The van der Waals surface area contributed by atoms with Crippen molar-refractivity contribution < 1.29 is 9.52 Å². The van der Waals surface area contributed by atoms with Gasteiger partial charge in [-0.1, -0.05) is 48.5 Å². The van der Waals surface area contributed by atoms with Crippen molar-refractivity contribution in [3.05, 3.63) is 88.1 Å². The molecule has 0 saturated heterocycles. The van der Waals surface area contributed by atoms with Crippen LogP contribution < -0.4 is 5.63 Å². The first-order valence-electron chi connectivity index (χ1n) is 8.92. The quantitative estimate of drug-likeness (QED) is 0.320. The number of benzene rings is 3. The molecule has 0 saturated carbocycles. The molecule has 2 aromatic heterocycles. The molecular formula is C23H14N2O3S. The fraction of sp³-hybridized carbons (Fsp3) is 0. The number of nitrogens with zero attached hydrogens (tertiary/aromatic N) is 2. The van der Waals surface area contributed by atoms with Gasteiger partial charge in [-0.15, -0.1) is 11.3 Å². The molecule has 0 spiro atoms. The van der Waals surface area contributed by atoms with E-state index in [0.717, 1.165) is 16.2 Å². The molecule has 0 aliphatic carbocycles. The van der Waals surface area contributed by atoms with Crippen LogP contribution in [-0.4, -0.2) is 16.3 Å². The third-order valence-electron chi connectivity index (χ3n) is 4.66. The van der Waals surface area contributed by atoms with Gasteiger partial charge in [-0.05, 0) is 29.0 Å². The first kappa shape index (κ1) is 17.3. The van der Waals surface area contributed by atoms with Crippen LogP contribution in [-0.2, 0) is 0 Å². The largest absolute Gasteiger partial charge is 0.507 e. The Hall–Kier alpha value is -3.77. The molecule has 2 heterocycles. The lowest BCUT2D eigenvalue weighted by Gasteiger charge is -2.04. The van der Waals surface area contributed by atoms with Crippen LogP contribution in [0.4, 0.5) is 5.13 Å². The summed E-state index contributed by atoms with van der Waals surface area (Å²) in [6.45, 7) is 0. The molecule has 29 heavy (non-hydrogen) atoms. The van der Waals surface area contributed by atoms with Gasteiger partial charge >= 0.3 is 5.63 Å². The Morgan fingerprint density at radius 1 is 1.00 bits per heavy atom. The number of fused-ring (bicyclic) bond motifs is 2. The van der Waals surface area contributed by atoms with E-state index in [1.54, 1.807) is 29.8 Å². The minimum atomic E-state index is -0.434. The van der Waals surface area contributed by atoms with E-state index < -0.39 is 5.63 Å². The molecule has 0 bridgehead atoms. The van der Waals surface area contributed by atoms with Gasteiger partial charge in [-0.2, -0.15) is 0 Å². The van der Waals surface area contributed by atoms with E-state index >= 15 is 0 Å². The molecule has 1 N–H and O–H groups in total. The van der Waals surface area contributed by atoms with Crippen molar-refractivity contribution in [1.29, 1.82) is 0 Å². The summed E-state index contributed by atoms with van der Waals surface area (Å²) in [7, 11) is 0. The maximum absolute atomic E-state index is 12.3. The van der Waals surface area contributed by atoms with E-state index in [1.807, 2.05) is 48.5 Å². The van der Waals surface area contributed by atoms with Gasteiger partial charge in [0.1, 0.15) is 11.3 Å². The highest BCUT2D eigenvalue weighted by Crippen LogP contribution is 2.29. The first-order valence-corrected chi connectivity index (χ1v) is 9.80. The zero-order valence-corrected chi connectivity index (χ0v) is 15.9. The molecule has 0 aliphatic rings. The summed E-state index contributed by atoms with van der Waals surface area (Å²) in [6, 6.07) is 20.4. The zero-order valence-electron chi connectivity index (χ0n) is 15.1. The van der Waals surface area contributed by atoms with Crippen molar-refractivity contribution in [2.45, 2.75) is 0 Å². The van der Waals surface area contributed by atoms with Crippen molar-refractivity contribution >= 4 is 44.4 Å². The van der Waals surface area contributed by atoms with Crippen LogP contribution in [0.5, 0.6) is 5.75 Å². The number of aliphatic imine (C=N–C) groups is 1. The minimum absolute atomic E-state index is 0.152. The van der Waals surface area contributed by atoms with Crippen molar-refractivity contribution in [2.24, 2.45) is 4.99 Å². The van der Waals surface area contributed by atoms with E-state index in [0.29, 0.717) is 27.5 Å². The second-order valence-electron chi connectivity index (χ2n) is 6.48. The van der Waals surface area contributed by atoms with Gasteiger partial charge in [0.05, 0.1) is 11.3 Å². The van der Waals surface area contributed by atoms with E-state index in [2.05, 4.69) is 9.98 Å². The summed E-state index contributed by atoms with van der Waals surface area (Å²) in [5.41, 5.74) is 1.65. The number of para-hydroxylation sites is 1. The summed E-state index contributed by atoms with van der Waals surface area (Å²) in [5, 5.41) is 15.3. The van der Waals surface area contributed by atoms with Crippen LogP contribution in [0.15, 0.2) is 86.3 Å². The average molecular weight is 398 g/mol. The highest BCUT2D eigenvalue weighted by molar-refractivity contribution is 7.13. The van der Waals surface area contributed by atoms with Crippen LogP contribution >= 0.6 is 11.3 Å². The molecule has 140 valence electrons. The Bertz CT molecular complexity index is 1450. The lowest BCUT2D eigenvalue weighted by Crippen LogP contribution is -2.02. The van der Waals surface area contributed by atoms with Gasteiger partial charge in [0.2, 0.25) is 5.13 Å². The molecule has 0 fully saturated rings. The molecule has 0 aliphatic heterocycles. The molecule has 0 radical (unpaired) electrons. The van der Waals surface area contributed by atoms with E-state index in [-0.39, 0.29) is 5.75 Å². The number of rotatable bonds is 3. The number of aromatic nitrogens is 1. The molecule has 5 nitrogen and oxygen atoms in total. The SMILES string of the molecule is O=c1oc2ccccc2cc1-c1csc(/N=C/c2c(O)ccc3ccccc23)n1. The van der Waals surface area contributed by atoms with Crippen LogP contribution in [0, 0.1) is 0 Å². The average Bonchev–Trinajstić information content (AvgIpc) is 3.21. The second-order valence-corrected chi connectivity index (χ2v) is 7.31. The van der Waals surface area contributed by atoms with Gasteiger partial charge in [0, 0.05) is 22.5 Å². The summed E-state index contributed by atoms with van der Waals surface area (Å²) in [4.78, 5) is 21.2. The maximum atomic E-state index is 12.3. The summed E-state index contributed by atoms with van der Waals surface area (Å²) >= 11 is 1.32. The smallest absolute Gasteiger partial charge is 0.345 e. The Labute approximate surface area is 169 Å². The summed E-state index contributed by atoms with van der Waals surface area (Å²) in [5.74, 6) is 0.152. The van der Waals surface area contributed by atoms with Crippen molar-refractivity contribution in [2.75, 3.05) is 0 Å². The Kier molecular flexibility index (Phi) is 4.18. The Morgan fingerprint density at radius 2 is 1.79 bits per heavy atom. The molecule has 5 aromatic rings. The Morgan fingerprint density at radius 3 is 2.69 bits per heavy atom. The van der Waals surface area contributed by atoms with E-state index in [1.165, 1.54) is 11.3 Å². The van der Waals surface area contributed by atoms with Crippen molar-refractivity contribution in [1.82, 2.24) is 4.98 Å². The number of thiazole rings is 1. The normalized spacial score (nSPS) is 11.6. The first-order chi connectivity index (χ1) is 14.2. The molecule has 3 aromatic carbocycles. The van der Waals surface area contributed by atoms with E-state index in [9.17, 15) is 9.90 Å². The molecule has 0 unspecified atom stereocenters. The number of aromatic hydroxyl groups is 1. The fourth-order valence-electron chi connectivity index (χ4n) is 3.23.